The van der Waals surface area contributed by atoms with Gasteiger partial charge in [0.25, 0.3) is 0 Å². The maximum atomic E-state index is 12.4. The third-order valence-corrected chi connectivity index (χ3v) is 3.99. The Kier molecular flexibility index (Phi) is 7.50. The number of carboxylic acids is 1. The number of ether oxygens (including phenoxy) is 2. The number of aliphatic carboxylic acids is 1. The summed E-state index contributed by atoms with van der Waals surface area (Å²) in [5.41, 5.74) is 1.41. The second kappa shape index (κ2) is 10.0. The van der Waals surface area contributed by atoms with Gasteiger partial charge in [0.15, 0.2) is 11.9 Å². The number of nitrogens with one attached hydrogen (secondary N) is 1. The molecule has 0 bridgehead atoms. The number of aromatic hydroxyl groups is 1. The molecule has 8 heteroatoms. The largest absolute Gasteiger partial charge is 0.508 e. The Hall–Kier alpha value is -3.65. The van der Waals surface area contributed by atoms with Gasteiger partial charge in [-0.1, -0.05) is 12.1 Å². The number of carbonyl (C=O) groups is 3. The Labute approximate surface area is 167 Å². The second-order valence-corrected chi connectivity index (χ2v) is 6.07. The molecular weight excluding hydrogens is 378 g/mol. The summed E-state index contributed by atoms with van der Waals surface area (Å²) in [6.07, 6.45) is -0.517. The van der Waals surface area contributed by atoms with Crippen LogP contribution in [0.5, 0.6) is 5.75 Å². The molecule has 152 valence electrons. The lowest BCUT2D eigenvalue weighted by atomic mass is 10.0. The Bertz CT molecular complexity index is 888. The minimum Gasteiger partial charge on any atom is -0.508 e. The van der Waals surface area contributed by atoms with E-state index in [0.717, 1.165) is 6.08 Å². The van der Waals surface area contributed by atoms with Gasteiger partial charge in [-0.15, -0.1) is 0 Å². The molecular formula is C21H21NO7. The molecule has 8 nitrogen and oxygen atoms in total. The summed E-state index contributed by atoms with van der Waals surface area (Å²) >= 11 is 0. The van der Waals surface area contributed by atoms with Gasteiger partial charge in [-0.2, -0.15) is 0 Å². The molecule has 0 aliphatic rings. The van der Waals surface area contributed by atoms with Crippen LogP contribution in [0, 0.1) is 0 Å². The zero-order chi connectivity index (χ0) is 21.4. The third kappa shape index (κ3) is 6.47. The summed E-state index contributed by atoms with van der Waals surface area (Å²) in [5, 5.41) is 20.9. The van der Waals surface area contributed by atoms with E-state index in [2.05, 4.69) is 5.32 Å². The zero-order valence-electron chi connectivity index (χ0n) is 15.9. The molecule has 0 unspecified atom stereocenters. The molecule has 2 aromatic rings. The van der Waals surface area contributed by atoms with Crippen molar-refractivity contribution in [2.24, 2.45) is 0 Å². The number of rotatable bonds is 8. The highest BCUT2D eigenvalue weighted by Gasteiger charge is 2.26. The molecule has 1 amide bonds. The van der Waals surface area contributed by atoms with Crippen molar-refractivity contribution in [2.75, 3.05) is 12.4 Å². The molecule has 0 aliphatic heterocycles. The van der Waals surface area contributed by atoms with Gasteiger partial charge in [-0.3, -0.25) is 10.1 Å². The average molecular weight is 399 g/mol. The first kappa shape index (κ1) is 21.6. The summed E-state index contributed by atoms with van der Waals surface area (Å²) in [4.78, 5) is 34.6. The Morgan fingerprint density at radius 1 is 1.03 bits per heavy atom. The van der Waals surface area contributed by atoms with E-state index in [-0.39, 0.29) is 11.5 Å². The molecule has 2 rings (SSSR count). The molecule has 0 heterocycles. The first-order valence-electron chi connectivity index (χ1n) is 8.61. The number of phenols is 1. The third-order valence-electron chi connectivity index (χ3n) is 3.99. The van der Waals surface area contributed by atoms with Crippen LogP contribution < -0.4 is 5.32 Å². The average Bonchev–Trinajstić information content (AvgIpc) is 2.68. The van der Waals surface area contributed by atoms with Gasteiger partial charge >= 0.3 is 12.1 Å². The van der Waals surface area contributed by atoms with Crippen molar-refractivity contribution in [3.8, 4) is 5.75 Å². The fourth-order valence-corrected chi connectivity index (χ4v) is 2.52. The molecule has 2 atom stereocenters. The highest BCUT2D eigenvalue weighted by molar-refractivity contribution is 5.95. The molecule has 0 fully saturated rings. The smallest absolute Gasteiger partial charge is 0.412 e. The first-order chi connectivity index (χ1) is 13.8. The van der Waals surface area contributed by atoms with E-state index in [1.54, 1.807) is 24.3 Å². The molecule has 0 aromatic heterocycles. The number of hydrogen-bond donors (Lipinski definition) is 3. The number of carboxylic acid groups (broad SMARTS) is 1. The molecule has 0 aliphatic carbocycles. The predicted octanol–water partition coefficient (Wildman–Crippen LogP) is 3.54. The zero-order valence-corrected chi connectivity index (χ0v) is 15.9. The molecule has 29 heavy (non-hydrogen) atoms. The maximum absolute atomic E-state index is 12.4. The van der Waals surface area contributed by atoms with Crippen LogP contribution in [-0.2, 0) is 14.3 Å². The van der Waals surface area contributed by atoms with Crippen molar-refractivity contribution in [3.05, 3.63) is 71.8 Å². The number of methoxy groups -OCH3 is 1. The van der Waals surface area contributed by atoms with E-state index in [1.165, 1.54) is 44.4 Å². The number of hydrogen-bond acceptors (Lipinski definition) is 6. The second-order valence-electron chi connectivity index (χ2n) is 6.07. The highest BCUT2D eigenvalue weighted by Crippen LogP contribution is 2.27. The lowest BCUT2D eigenvalue weighted by Crippen LogP contribution is -2.27. The van der Waals surface area contributed by atoms with Gasteiger partial charge in [-0.05, 0) is 55.0 Å². The van der Waals surface area contributed by atoms with E-state index >= 15 is 0 Å². The number of ketones is 1. The molecule has 2 aromatic carbocycles. The predicted molar refractivity (Wildman–Crippen MR) is 105 cm³/mol. The molecule has 0 saturated heterocycles. The van der Waals surface area contributed by atoms with E-state index < -0.39 is 24.3 Å². The summed E-state index contributed by atoms with van der Waals surface area (Å²) in [6.45, 7) is 1.44. The highest BCUT2D eigenvalue weighted by atomic mass is 16.6. The van der Waals surface area contributed by atoms with Gasteiger partial charge in [0.1, 0.15) is 11.9 Å². The van der Waals surface area contributed by atoms with Gasteiger partial charge in [0.05, 0.1) is 0 Å². The quantitative estimate of drug-likeness (QED) is 0.458. The Morgan fingerprint density at radius 3 is 2.17 bits per heavy atom. The van der Waals surface area contributed by atoms with Crippen molar-refractivity contribution >= 4 is 23.5 Å². The molecule has 3 N–H and O–H groups in total. The normalized spacial score (nSPS) is 12.9. The lowest BCUT2D eigenvalue weighted by molar-refractivity contribution is -0.131. The van der Waals surface area contributed by atoms with Crippen LogP contribution in [0.3, 0.4) is 0 Å². The van der Waals surface area contributed by atoms with Crippen LogP contribution in [-0.4, -0.2) is 41.3 Å². The fraction of sp³-hybridized carbons (Fsp3) is 0.190. The number of benzene rings is 2. The number of phenolic OH excluding ortho intramolecular Hbond substituents is 1. The maximum Gasteiger partial charge on any atom is 0.412 e. The summed E-state index contributed by atoms with van der Waals surface area (Å²) in [6, 6.07) is 12.2. The monoisotopic (exact) mass is 399 g/mol. The van der Waals surface area contributed by atoms with E-state index in [9.17, 15) is 19.5 Å². The standard InChI is InChI=1S/C21H21NO7/c1-13(23)14-3-7-16(8-4-14)22-21(27)29-20(15-5-9-17(24)10-6-15)18(28-2)11-12-19(25)26/h3-12,18,20,24H,1-2H3,(H,22,27)(H,25,26)/b12-11+/t18-,20-/m0/s1. The van der Waals surface area contributed by atoms with Gasteiger partial charge in [0, 0.05) is 24.4 Å². The van der Waals surface area contributed by atoms with E-state index in [0.29, 0.717) is 16.8 Å². The Morgan fingerprint density at radius 2 is 1.66 bits per heavy atom. The summed E-state index contributed by atoms with van der Waals surface area (Å²) in [7, 11) is 1.35. The van der Waals surface area contributed by atoms with Crippen molar-refractivity contribution < 1.29 is 34.1 Å². The molecule has 0 saturated carbocycles. The van der Waals surface area contributed by atoms with Gasteiger partial charge in [0.2, 0.25) is 0 Å². The van der Waals surface area contributed by atoms with Gasteiger partial charge < -0.3 is 19.7 Å². The van der Waals surface area contributed by atoms with Crippen LogP contribution >= 0.6 is 0 Å². The SMILES string of the molecule is CO[C@@H](/C=C/C(=O)O)[C@@H](OC(=O)Nc1ccc(C(C)=O)cc1)c1ccc(O)cc1. The van der Waals surface area contributed by atoms with Crippen molar-refractivity contribution in [2.45, 2.75) is 19.1 Å². The topological polar surface area (TPSA) is 122 Å². The summed E-state index contributed by atoms with van der Waals surface area (Å²) < 4.78 is 10.8. The van der Waals surface area contributed by atoms with Crippen LogP contribution in [0.1, 0.15) is 28.9 Å². The number of anilines is 1. The fourth-order valence-electron chi connectivity index (χ4n) is 2.52. The molecule has 0 spiro atoms. The lowest BCUT2D eigenvalue weighted by Gasteiger charge is -2.24. The van der Waals surface area contributed by atoms with Crippen molar-refractivity contribution in [1.29, 1.82) is 0 Å². The van der Waals surface area contributed by atoms with Crippen LogP contribution in [0.25, 0.3) is 0 Å². The number of carbonyl (C=O) groups excluding carboxylic acids is 2. The van der Waals surface area contributed by atoms with E-state index in [1.807, 2.05) is 0 Å². The van der Waals surface area contributed by atoms with Crippen LogP contribution in [0.2, 0.25) is 0 Å². The van der Waals surface area contributed by atoms with Crippen molar-refractivity contribution in [3.63, 3.8) is 0 Å². The summed E-state index contributed by atoms with van der Waals surface area (Å²) in [5.74, 6) is -1.25. The Balaban J connectivity index is 2.21. The van der Waals surface area contributed by atoms with E-state index in [4.69, 9.17) is 14.6 Å². The first-order valence-corrected chi connectivity index (χ1v) is 8.61. The number of amides is 1. The van der Waals surface area contributed by atoms with Crippen molar-refractivity contribution in [1.82, 2.24) is 0 Å². The number of Topliss-reactive ketones (excluding diaryl/α,β-unsaturated/α-hetero) is 1. The van der Waals surface area contributed by atoms with Crippen LogP contribution in [0.15, 0.2) is 60.7 Å². The van der Waals surface area contributed by atoms with Crippen LogP contribution in [0.4, 0.5) is 10.5 Å². The van der Waals surface area contributed by atoms with Gasteiger partial charge in [-0.25, -0.2) is 9.59 Å². The molecule has 0 radical (unpaired) electrons. The minimum atomic E-state index is -1.17. The minimum absolute atomic E-state index is 0.0255.